The molecule has 2 aliphatic heterocycles. The summed E-state index contributed by atoms with van der Waals surface area (Å²) in [6, 6.07) is 19.0. The van der Waals surface area contributed by atoms with Gasteiger partial charge in [0.15, 0.2) is 11.6 Å². The lowest BCUT2D eigenvalue weighted by molar-refractivity contribution is -0.781. The topological polar surface area (TPSA) is 140 Å². The lowest BCUT2D eigenvalue weighted by Gasteiger charge is -2.43. The monoisotopic (exact) mass is 522 g/mol. The average molecular weight is 523 g/mol. The van der Waals surface area contributed by atoms with Crippen LogP contribution in [0.1, 0.15) is 51.7 Å². The summed E-state index contributed by atoms with van der Waals surface area (Å²) in [5, 5.41) is 17.3. The molecular formula is C29H28N7O3+. The first-order valence-corrected chi connectivity index (χ1v) is 12.9. The number of hydrogen-bond donors (Lipinski definition) is 3. The molecule has 196 valence electrons. The number of aromatic amines is 1. The number of tetrazole rings is 1. The Hall–Kier alpha value is -4.59. The molecule has 1 fully saturated rings. The SMILES string of the molecule is NCc1ccc2c(c1)C1(CC[N+](C(=O)Cc3nn[nH]n3)(C(=O)c3ccc(C#Cc4ccccc4)o3)CC1)CN2. The van der Waals surface area contributed by atoms with Crippen molar-refractivity contribution in [2.75, 3.05) is 25.0 Å². The van der Waals surface area contributed by atoms with Gasteiger partial charge in [-0.15, -0.1) is 10.2 Å². The molecule has 2 aliphatic rings. The number of fused-ring (bicyclic) bond motifs is 2. The van der Waals surface area contributed by atoms with Crippen molar-refractivity contribution >= 4 is 17.5 Å². The highest BCUT2D eigenvalue weighted by Crippen LogP contribution is 2.46. The summed E-state index contributed by atoms with van der Waals surface area (Å²) in [5.41, 5.74) is 9.94. The second-order valence-corrected chi connectivity index (χ2v) is 10.1. The Morgan fingerprint density at radius 3 is 2.62 bits per heavy atom. The molecule has 2 aromatic heterocycles. The average Bonchev–Trinajstić information content (AvgIpc) is 3.74. The second-order valence-electron chi connectivity index (χ2n) is 10.1. The van der Waals surface area contributed by atoms with E-state index in [-0.39, 0.29) is 39.7 Å². The van der Waals surface area contributed by atoms with Crippen LogP contribution in [-0.2, 0) is 23.2 Å². The smallest absolute Gasteiger partial charge is 0.388 e. The summed E-state index contributed by atoms with van der Waals surface area (Å²) in [6.45, 7) is 1.87. The van der Waals surface area contributed by atoms with E-state index in [9.17, 15) is 9.59 Å². The number of aromatic nitrogens is 4. The number of H-pyrrole nitrogens is 1. The number of nitrogens with two attached hydrogens (primary N) is 1. The molecule has 4 N–H and O–H groups in total. The first-order valence-electron chi connectivity index (χ1n) is 12.9. The lowest BCUT2D eigenvalue weighted by atomic mass is 9.73. The number of carbonyl (C=O) groups excluding carboxylic acids is 2. The predicted molar refractivity (Wildman–Crippen MR) is 142 cm³/mol. The highest BCUT2D eigenvalue weighted by molar-refractivity contribution is 5.94. The van der Waals surface area contributed by atoms with E-state index in [1.807, 2.05) is 36.4 Å². The number of furan rings is 1. The molecule has 1 saturated heterocycles. The molecule has 10 heteroatoms. The molecule has 0 saturated carbocycles. The standard InChI is InChI=1S/C29H28N7O3/c30-18-21-7-10-24-23(16-21)29(19-31-24)12-14-36(15-13-29,27(37)17-26-32-34-35-33-26)28(38)25-11-9-22(39-25)8-6-20-4-2-1-3-5-20/h1-5,7,9-11,16,31H,12-15,17-19,30H2,(H,32,33,34,35)/q+1. The van der Waals surface area contributed by atoms with Gasteiger partial charge in [0.2, 0.25) is 5.76 Å². The molecule has 0 bridgehead atoms. The minimum absolute atomic E-state index is 0.108. The fraction of sp³-hybridized carbons (Fsp3) is 0.276. The molecule has 39 heavy (non-hydrogen) atoms. The van der Waals surface area contributed by atoms with Gasteiger partial charge in [0.1, 0.15) is 6.42 Å². The van der Waals surface area contributed by atoms with Crippen LogP contribution < -0.4 is 11.1 Å². The van der Waals surface area contributed by atoms with Crippen molar-refractivity contribution in [3.8, 4) is 11.8 Å². The molecule has 1 spiro atoms. The number of amides is 2. The van der Waals surface area contributed by atoms with Crippen LogP contribution in [0.2, 0.25) is 0 Å². The van der Waals surface area contributed by atoms with Crippen LogP contribution in [-0.4, -0.2) is 56.6 Å². The van der Waals surface area contributed by atoms with E-state index in [0.717, 1.165) is 23.4 Å². The summed E-state index contributed by atoms with van der Waals surface area (Å²) in [7, 11) is 0. The van der Waals surface area contributed by atoms with E-state index in [1.165, 1.54) is 5.56 Å². The van der Waals surface area contributed by atoms with Crippen molar-refractivity contribution in [3.05, 3.63) is 94.7 Å². The van der Waals surface area contributed by atoms with Gasteiger partial charge in [0.05, 0.1) is 13.1 Å². The highest BCUT2D eigenvalue weighted by Gasteiger charge is 2.54. The van der Waals surface area contributed by atoms with Gasteiger partial charge in [-0.25, -0.2) is 9.59 Å². The Labute approximate surface area is 225 Å². The molecule has 0 unspecified atom stereocenters. The van der Waals surface area contributed by atoms with Gasteiger partial charge in [-0.2, -0.15) is 9.70 Å². The fourth-order valence-corrected chi connectivity index (χ4v) is 5.66. The van der Waals surface area contributed by atoms with Crippen molar-refractivity contribution in [1.82, 2.24) is 20.6 Å². The van der Waals surface area contributed by atoms with E-state index < -0.39 is 0 Å². The second kappa shape index (κ2) is 9.94. The van der Waals surface area contributed by atoms with Gasteiger partial charge in [0.25, 0.3) is 0 Å². The number of quaternary nitrogens is 1. The number of likely N-dealkylation sites (tertiary alicyclic amines) is 1. The third-order valence-corrected chi connectivity index (χ3v) is 7.94. The molecule has 6 rings (SSSR count). The van der Waals surface area contributed by atoms with Gasteiger partial charge >= 0.3 is 11.8 Å². The van der Waals surface area contributed by atoms with E-state index in [2.05, 4.69) is 49.9 Å². The summed E-state index contributed by atoms with van der Waals surface area (Å²) in [5.74, 6) is 6.06. The fourth-order valence-electron chi connectivity index (χ4n) is 5.66. The Balaban J connectivity index is 1.30. The van der Waals surface area contributed by atoms with Gasteiger partial charge in [0, 0.05) is 42.6 Å². The normalized spacial score (nSPS) is 21.6. The number of anilines is 1. The van der Waals surface area contributed by atoms with Crippen LogP contribution >= 0.6 is 0 Å². The van der Waals surface area contributed by atoms with E-state index >= 15 is 0 Å². The number of hydrogen-bond acceptors (Lipinski definition) is 8. The number of nitrogens with zero attached hydrogens (tertiary/aromatic N) is 4. The Bertz CT molecular complexity index is 1570. The first kappa shape index (κ1) is 24.7. The zero-order valence-electron chi connectivity index (χ0n) is 21.3. The van der Waals surface area contributed by atoms with Crippen molar-refractivity contribution in [1.29, 1.82) is 0 Å². The van der Waals surface area contributed by atoms with Gasteiger partial charge in [-0.3, -0.25) is 0 Å². The van der Waals surface area contributed by atoms with Crippen LogP contribution in [0, 0.1) is 11.8 Å². The van der Waals surface area contributed by atoms with Crippen molar-refractivity contribution < 1.29 is 18.5 Å². The maximum atomic E-state index is 14.0. The highest BCUT2D eigenvalue weighted by atomic mass is 16.4. The Morgan fingerprint density at radius 1 is 1.05 bits per heavy atom. The zero-order valence-corrected chi connectivity index (χ0v) is 21.3. The minimum atomic E-state index is -0.381. The van der Waals surface area contributed by atoms with Crippen LogP contribution in [0.4, 0.5) is 5.69 Å². The number of rotatable bonds is 4. The molecular weight excluding hydrogens is 494 g/mol. The zero-order chi connectivity index (χ0) is 26.9. The lowest BCUT2D eigenvalue weighted by Crippen LogP contribution is -2.63. The molecule has 4 aromatic rings. The first-order chi connectivity index (χ1) is 19.0. The predicted octanol–water partition coefficient (Wildman–Crippen LogP) is 2.53. The van der Waals surface area contributed by atoms with E-state index in [4.69, 9.17) is 10.2 Å². The Morgan fingerprint density at radius 2 is 1.87 bits per heavy atom. The molecule has 2 aromatic carbocycles. The summed E-state index contributed by atoms with van der Waals surface area (Å²) < 4.78 is 5.49. The van der Waals surface area contributed by atoms with Crippen LogP contribution in [0.15, 0.2) is 65.1 Å². The minimum Gasteiger partial charge on any atom is -0.438 e. The molecule has 0 atom stereocenters. The van der Waals surface area contributed by atoms with Crippen molar-refractivity contribution in [3.63, 3.8) is 0 Å². The van der Waals surface area contributed by atoms with Crippen LogP contribution in [0.5, 0.6) is 0 Å². The summed E-state index contributed by atoms with van der Waals surface area (Å²) in [4.78, 5) is 27.8. The number of carbonyl (C=O) groups is 2. The molecule has 0 radical (unpaired) electrons. The maximum Gasteiger partial charge on any atom is 0.388 e. The summed E-state index contributed by atoms with van der Waals surface area (Å²) in [6.07, 6.45) is 1.18. The largest absolute Gasteiger partial charge is 0.438 e. The number of imide groups is 1. The quantitative estimate of drug-likeness (QED) is 0.274. The van der Waals surface area contributed by atoms with Crippen molar-refractivity contribution in [2.24, 2.45) is 5.73 Å². The third kappa shape index (κ3) is 4.52. The van der Waals surface area contributed by atoms with E-state index in [0.29, 0.717) is 38.2 Å². The van der Waals surface area contributed by atoms with E-state index in [1.54, 1.807) is 12.1 Å². The Kier molecular flexibility index (Phi) is 6.30. The van der Waals surface area contributed by atoms with Gasteiger partial charge in [-0.05, 0) is 47.4 Å². The molecule has 4 heterocycles. The number of piperidine rings is 1. The molecule has 2 amide bonds. The van der Waals surface area contributed by atoms with Gasteiger partial charge < -0.3 is 15.5 Å². The van der Waals surface area contributed by atoms with Crippen LogP contribution in [0.3, 0.4) is 0 Å². The van der Waals surface area contributed by atoms with Crippen molar-refractivity contribution in [2.45, 2.75) is 31.2 Å². The molecule has 0 aliphatic carbocycles. The summed E-state index contributed by atoms with van der Waals surface area (Å²) >= 11 is 0. The maximum absolute atomic E-state index is 14.0. The number of nitrogens with one attached hydrogen (secondary N) is 2. The third-order valence-electron chi connectivity index (χ3n) is 7.94. The molecule has 10 nitrogen and oxygen atoms in total. The number of benzene rings is 2. The van der Waals surface area contributed by atoms with Gasteiger partial charge in [-0.1, -0.05) is 41.5 Å². The van der Waals surface area contributed by atoms with Crippen LogP contribution in [0.25, 0.3) is 0 Å².